The van der Waals surface area contributed by atoms with Crippen molar-refractivity contribution < 1.29 is 14.6 Å². The Bertz CT molecular complexity index is 403. The third kappa shape index (κ3) is 2.46. The van der Waals surface area contributed by atoms with Crippen molar-refractivity contribution in [2.75, 3.05) is 13.7 Å². The van der Waals surface area contributed by atoms with E-state index >= 15 is 0 Å². The Hall–Kier alpha value is -1.43. The van der Waals surface area contributed by atoms with E-state index in [1.54, 1.807) is 11.7 Å². The van der Waals surface area contributed by atoms with Gasteiger partial charge in [0.05, 0.1) is 0 Å². The Balaban J connectivity index is 2.18. The van der Waals surface area contributed by atoms with E-state index in [9.17, 15) is 9.90 Å². The molecule has 1 aliphatic rings. The molecule has 0 saturated heterocycles. The number of carboxylic acid groups (broad SMARTS) is 1. The Kier molecular flexibility index (Phi) is 3.73. The Morgan fingerprint density at radius 1 is 1.59 bits per heavy atom. The highest BCUT2D eigenvalue weighted by Gasteiger charge is 2.29. The summed E-state index contributed by atoms with van der Waals surface area (Å²) in [5.74, 6) is 0.777. The smallest absolute Gasteiger partial charge is 0.326 e. The monoisotopic (exact) mass is 239 g/mol. The van der Waals surface area contributed by atoms with E-state index in [1.807, 2.05) is 0 Å². The standard InChI is InChI=1S/C11H17N3O3/c1-17-7-3-6-10-13-12-9-5-2-4-8(11(15)16)14(9)10/h8H,2-7H2,1H3,(H,15,16). The van der Waals surface area contributed by atoms with Gasteiger partial charge in [-0.3, -0.25) is 0 Å². The lowest BCUT2D eigenvalue weighted by Crippen LogP contribution is -2.26. The van der Waals surface area contributed by atoms with Crippen molar-refractivity contribution in [1.82, 2.24) is 14.8 Å². The van der Waals surface area contributed by atoms with Crippen LogP contribution in [-0.2, 0) is 22.4 Å². The predicted octanol–water partition coefficient (Wildman–Crippen LogP) is 0.819. The fraction of sp³-hybridized carbons (Fsp3) is 0.727. The van der Waals surface area contributed by atoms with Crippen molar-refractivity contribution in [3.05, 3.63) is 11.6 Å². The van der Waals surface area contributed by atoms with E-state index in [-0.39, 0.29) is 0 Å². The van der Waals surface area contributed by atoms with E-state index < -0.39 is 12.0 Å². The highest BCUT2D eigenvalue weighted by Crippen LogP contribution is 2.25. The van der Waals surface area contributed by atoms with Crippen LogP contribution in [0, 0.1) is 0 Å². The minimum atomic E-state index is -0.793. The van der Waals surface area contributed by atoms with Gasteiger partial charge in [-0.05, 0) is 19.3 Å². The molecule has 1 atom stereocenters. The summed E-state index contributed by atoms with van der Waals surface area (Å²) in [6.07, 6.45) is 3.90. The van der Waals surface area contributed by atoms with Crippen molar-refractivity contribution >= 4 is 5.97 Å². The van der Waals surface area contributed by atoms with E-state index in [0.717, 1.165) is 30.9 Å². The van der Waals surface area contributed by atoms with Crippen molar-refractivity contribution in [3.63, 3.8) is 0 Å². The summed E-state index contributed by atoms with van der Waals surface area (Å²) < 4.78 is 6.78. The number of methoxy groups -OCH3 is 1. The largest absolute Gasteiger partial charge is 0.480 e. The van der Waals surface area contributed by atoms with Gasteiger partial charge in [0.15, 0.2) is 0 Å². The molecule has 0 amide bonds. The third-order valence-electron chi connectivity index (χ3n) is 3.06. The van der Waals surface area contributed by atoms with Crippen molar-refractivity contribution in [3.8, 4) is 0 Å². The third-order valence-corrected chi connectivity index (χ3v) is 3.06. The first-order chi connectivity index (χ1) is 8.24. The van der Waals surface area contributed by atoms with Gasteiger partial charge in [0.2, 0.25) is 0 Å². The molecule has 1 N–H and O–H groups in total. The number of carboxylic acids is 1. The number of aromatic nitrogens is 3. The van der Waals surface area contributed by atoms with Crippen molar-refractivity contribution in [2.24, 2.45) is 0 Å². The maximum absolute atomic E-state index is 11.2. The van der Waals surface area contributed by atoms with Crippen molar-refractivity contribution in [1.29, 1.82) is 0 Å². The van der Waals surface area contributed by atoms with E-state index in [0.29, 0.717) is 19.4 Å². The van der Waals surface area contributed by atoms with Crippen LogP contribution in [0.5, 0.6) is 0 Å². The van der Waals surface area contributed by atoms with Crippen LogP contribution in [-0.4, -0.2) is 39.6 Å². The van der Waals surface area contributed by atoms with Gasteiger partial charge in [0.25, 0.3) is 0 Å². The van der Waals surface area contributed by atoms with E-state index in [4.69, 9.17) is 4.74 Å². The number of nitrogens with zero attached hydrogens (tertiary/aromatic N) is 3. The zero-order valence-electron chi connectivity index (χ0n) is 9.93. The first-order valence-electron chi connectivity index (χ1n) is 5.88. The molecule has 1 aromatic rings. The summed E-state index contributed by atoms with van der Waals surface area (Å²) in [5, 5.41) is 17.4. The first-order valence-corrected chi connectivity index (χ1v) is 5.88. The summed E-state index contributed by atoms with van der Waals surface area (Å²) in [6, 6.07) is -0.494. The fourth-order valence-electron chi connectivity index (χ4n) is 2.25. The molecule has 2 heterocycles. The molecule has 0 aromatic carbocycles. The molecule has 0 aliphatic carbocycles. The zero-order valence-corrected chi connectivity index (χ0v) is 9.93. The quantitative estimate of drug-likeness (QED) is 0.770. The molecule has 0 radical (unpaired) electrons. The van der Waals surface area contributed by atoms with Crippen LogP contribution in [0.4, 0.5) is 0 Å². The van der Waals surface area contributed by atoms with Crippen LogP contribution in [0.1, 0.15) is 37.0 Å². The summed E-state index contributed by atoms with van der Waals surface area (Å²) >= 11 is 0. The maximum Gasteiger partial charge on any atom is 0.326 e. The highest BCUT2D eigenvalue weighted by atomic mass is 16.5. The van der Waals surface area contributed by atoms with Crippen LogP contribution in [0.15, 0.2) is 0 Å². The number of fused-ring (bicyclic) bond motifs is 1. The molecule has 0 saturated carbocycles. The summed E-state index contributed by atoms with van der Waals surface area (Å²) in [7, 11) is 1.65. The van der Waals surface area contributed by atoms with Crippen LogP contribution in [0.25, 0.3) is 0 Å². The molecule has 1 aromatic heterocycles. The lowest BCUT2D eigenvalue weighted by atomic mass is 10.0. The van der Waals surface area contributed by atoms with Gasteiger partial charge in [-0.1, -0.05) is 0 Å². The van der Waals surface area contributed by atoms with E-state index in [2.05, 4.69) is 10.2 Å². The normalized spacial score (nSPS) is 19.0. The predicted molar refractivity (Wildman–Crippen MR) is 59.8 cm³/mol. The number of rotatable bonds is 5. The Morgan fingerprint density at radius 3 is 3.12 bits per heavy atom. The maximum atomic E-state index is 11.2. The Labute approximate surface area is 99.6 Å². The van der Waals surface area contributed by atoms with Gasteiger partial charge in [0.1, 0.15) is 17.7 Å². The second kappa shape index (κ2) is 5.27. The van der Waals surface area contributed by atoms with Gasteiger partial charge in [0, 0.05) is 26.6 Å². The molecule has 94 valence electrons. The highest BCUT2D eigenvalue weighted by molar-refractivity contribution is 5.72. The first kappa shape index (κ1) is 12.0. The number of carbonyl (C=O) groups is 1. The van der Waals surface area contributed by atoms with Crippen LogP contribution in [0.3, 0.4) is 0 Å². The topological polar surface area (TPSA) is 77.2 Å². The fourth-order valence-corrected chi connectivity index (χ4v) is 2.25. The molecular formula is C11H17N3O3. The lowest BCUT2D eigenvalue weighted by molar-refractivity contribution is -0.141. The number of hydrogen-bond donors (Lipinski definition) is 1. The average Bonchev–Trinajstić information content (AvgIpc) is 2.73. The molecule has 0 bridgehead atoms. The molecule has 0 spiro atoms. The number of aliphatic carboxylic acids is 1. The summed E-state index contributed by atoms with van der Waals surface area (Å²) in [6.45, 7) is 0.653. The van der Waals surface area contributed by atoms with Crippen LogP contribution in [0.2, 0.25) is 0 Å². The minimum absolute atomic E-state index is 0.494. The van der Waals surface area contributed by atoms with E-state index in [1.165, 1.54) is 0 Å². The molecule has 1 unspecified atom stereocenters. The number of ether oxygens (including phenoxy) is 1. The second-order valence-corrected chi connectivity index (χ2v) is 4.25. The second-order valence-electron chi connectivity index (χ2n) is 4.25. The van der Waals surface area contributed by atoms with Gasteiger partial charge in [-0.2, -0.15) is 0 Å². The van der Waals surface area contributed by atoms with Crippen LogP contribution >= 0.6 is 0 Å². The molecule has 0 fully saturated rings. The van der Waals surface area contributed by atoms with Gasteiger partial charge in [-0.25, -0.2) is 4.79 Å². The van der Waals surface area contributed by atoms with Gasteiger partial charge in [-0.15, -0.1) is 10.2 Å². The Morgan fingerprint density at radius 2 is 2.41 bits per heavy atom. The van der Waals surface area contributed by atoms with Gasteiger partial charge >= 0.3 is 5.97 Å². The molecule has 6 nitrogen and oxygen atoms in total. The zero-order chi connectivity index (χ0) is 12.3. The van der Waals surface area contributed by atoms with Crippen molar-refractivity contribution in [2.45, 2.75) is 38.1 Å². The molecule has 17 heavy (non-hydrogen) atoms. The molecule has 6 heteroatoms. The van der Waals surface area contributed by atoms with Crippen LogP contribution < -0.4 is 0 Å². The molecular weight excluding hydrogens is 222 g/mol. The average molecular weight is 239 g/mol. The minimum Gasteiger partial charge on any atom is -0.480 e. The van der Waals surface area contributed by atoms with Gasteiger partial charge < -0.3 is 14.4 Å². The number of hydrogen-bond acceptors (Lipinski definition) is 4. The molecule has 1 aliphatic heterocycles. The lowest BCUT2D eigenvalue weighted by Gasteiger charge is -2.22. The SMILES string of the molecule is COCCCc1nnc2n1C(C(=O)O)CCC2. The summed E-state index contributed by atoms with van der Waals surface area (Å²) in [4.78, 5) is 11.2. The number of aryl methyl sites for hydroxylation is 2. The molecule has 2 rings (SSSR count). The summed E-state index contributed by atoms with van der Waals surface area (Å²) in [5.41, 5.74) is 0.